The van der Waals surface area contributed by atoms with E-state index in [4.69, 9.17) is 11.6 Å². The number of nitrogens with zero attached hydrogens (tertiary/aromatic N) is 2. The highest BCUT2D eigenvalue weighted by molar-refractivity contribution is 8.15. The van der Waals surface area contributed by atoms with Crippen LogP contribution in [0.2, 0.25) is 5.02 Å². The van der Waals surface area contributed by atoms with Gasteiger partial charge in [-0.2, -0.15) is 5.10 Å². The van der Waals surface area contributed by atoms with Gasteiger partial charge in [-0.1, -0.05) is 47.6 Å². The van der Waals surface area contributed by atoms with Crippen molar-refractivity contribution in [2.45, 2.75) is 11.7 Å². The number of phenols is 1. The number of phenolic OH excluding ortho intramolecular Hbond substituents is 1. The van der Waals surface area contributed by atoms with Crippen molar-refractivity contribution in [2.75, 3.05) is 0 Å². The number of amides is 1. The normalized spacial score (nSPS) is 19.1. The third-order valence-corrected chi connectivity index (χ3v) is 4.72. The van der Waals surface area contributed by atoms with Crippen LogP contribution in [0.25, 0.3) is 0 Å². The quantitative estimate of drug-likeness (QED) is 0.650. The molecule has 0 saturated carbocycles. The van der Waals surface area contributed by atoms with E-state index in [-0.39, 0.29) is 16.9 Å². The van der Waals surface area contributed by atoms with Crippen LogP contribution in [0.15, 0.2) is 58.7 Å². The second-order valence-corrected chi connectivity index (χ2v) is 6.76. The van der Waals surface area contributed by atoms with Crippen molar-refractivity contribution in [3.63, 3.8) is 0 Å². The fourth-order valence-electron chi connectivity index (χ4n) is 2.16. The van der Waals surface area contributed by atoms with E-state index >= 15 is 0 Å². The van der Waals surface area contributed by atoms with Crippen molar-refractivity contribution >= 4 is 40.7 Å². The highest BCUT2D eigenvalue weighted by Gasteiger charge is 2.30. The van der Waals surface area contributed by atoms with E-state index in [2.05, 4.69) is 15.5 Å². The number of benzene rings is 2. The molecule has 1 atom stereocenters. The van der Waals surface area contributed by atoms with Gasteiger partial charge in [-0.25, -0.2) is 0 Å². The van der Waals surface area contributed by atoms with Crippen LogP contribution in [0, 0.1) is 0 Å². The van der Waals surface area contributed by atoms with Gasteiger partial charge in [-0.3, -0.25) is 4.79 Å². The maximum absolute atomic E-state index is 12.0. The third kappa shape index (κ3) is 4.15. The molecule has 3 rings (SSSR count). The minimum atomic E-state index is -0.245. The Hall–Kier alpha value is -2.31. The summed E-state index contributed by atoms with van der Waals surface area (Å²) in [5.41, 5.74) is 1.60. The Morgan fingerprint density at radius 1 is 1.21 bits per heavy atom. The number of carbonyl (C=O) groups is 1. The molecule has 1 heterocycles. The van der Waals surface area contributed by atoms with E-state index in [0.29, 0.717) is 22.2 Å². The van der Waals surface area contributed by atoms with E-state index in [9.17, 15) is 9.90 Å². The highest BCUT2D eigenvalue weighted by atomic mass is 35.5. The molecule has 2 aromatic rings. The van der Waals surface area contributed by atoms with Gasteiger partial charge in [0.15, 0.2) is 5.17 Å². The van der Waals surface area contributed by atoms with Crippen LogP contribution in [-0.4, -0.2) is 27.6 Å². The van der Waals surface area contributed by atoms with Crippen LogP contribution < -0.4 is 5.32 Å². The van der Waals surface area contributed by atoms with Crippen molar-refractivity contribution in [1.29, 1.82) is 0 Å². The Balaban J connectivity index is 1.63. The first kappa shape index (κ1) is 16.5. The van der Waals surface area contributed by atoms with Crippen molar-refractivity contribution in [3.8, 4) is 5.75 Å². The molecule has 1 amide bonds. The minimum Gasteiger partial charge on any atom is -0.507 e. The second kappa shape index (κ2) is 7.51. The molecule has 0 aromatic heterocycles. The predicted octanol–water partition coefficient (Wildman–Crippen LogP) is 3.21. The van der Waals surface area contributed by atoms with Gasteiger partial charge >= 0.3 is 0 Å². The molecule has 0 bridgehead atoms. The Labute approximate surface area is 148 Å². The van der Waals surface area contributed by atoms with Crippen molar-refractivity contribution in [3.05, 3.63) is 64.7 Å². The zero-order valence-corrected chi connectivity index (χ0v) is 14.1. The predicted molar refractivity (Wildman–Crippen MR) is 97.8 cm³/mol. The number of thioether (sulfide) groups is 1. The summed E-state index contributed by atoms with van der Waals surface area (Å²) in [5, 5.41) is 21.2. The first-order valence-electron chi connectivity index (χ1n) is 7.23. The summed E-state index contributed by atoms with van der Waals surface area (Å²) in [6.07, 6.45) is 2.04. The van der Waals surface area contributed by atoms with Crippen LogP contribution >= 0.6 is 23.4 Å². The smallest absolute Gasteiger partial charge is 0.239 e. The Kier molecular flexibility index (Phi) is 5.17. The fourth-order valence-corrected chi connectivity index (χ4v) is 3.25. The standard InChI is InChI=1S/C17H14ClN3O2S/c18-13-7-5-11(6-8-13)9-15-16(23)20-17(24-15)21-19-10-12-3-1-2-4-14(12)22/h1-8,10,15,22H,9H2,(H,20,21,23)/b19-10-. The van der Waals surface area contributed by atoms with Gasteiger partial charge in [0.05, 0.1) is 11.5 Å². The maximum Gasteiger partial charge on any atom is 0.239 e. The molecule has 2 aromatic carbocycles. The summed E-state index contributed by atoms with van der Waals surface area (Å²) in [5.74, 6) is 0.0385. The average molecular weight is 360 g/mol. The lowest BCUT2D eigenvalue weighted by atomic mass is 10.1. The van der Waals surface area contributed by atoms with Gasteiger partial charge in [0, 0.05) is 10.6 Å². The van der Waals surface area contributed by atoms with Crippen LogP contribution in [0.1, 0.15) is 11.1 Å². The second-order valence-electron chi connectivity index (χ2n) is 5.13. The summed E-state index contributed by atoms with van der Waals surface area (Å²) in [6.45, 7) is 0. The molecule has 1 fully saturated rings. The van der Waals surface area contributed by atoms with Gasteiger partial charge in [0.25, 0.3) is 0 Å². The van der Waals surface area contributed by atoms with Crippen LogP contribution in [0.3, 0.4) is 0 Å². The summed E-state index contributed by atoms with van der Waals surface area (Å²) >= 11 is 7.20. The lowest BCUT2D eigenvalue weighted by molar-refractivity contribution is -0.118. The monoisotopic (exact) mass is 359 g/mol. The molecule has 2 N–H and O–H groups in total. The summed E-state index contributed by atoms with van der Waals surface area (Å²) < 4.78 is 0. The number of aromatic hydroxyl groups is 1. The van der Waals surface area contributed by atoms with Crippen molar-refractivity contribution < 1.29 is 9.90 Å². The molecule has 0 spiro atoms. The SMILES string of the molecule is O=C1N/C(=N/N=C\c2ccccc2O)SC1Cc1ccc(Cl)cc1. The Morgan fingerprint density at radius 3 is 2.71 bits per heavy atom. The molecule has 24 heavy (non-hydrogen) atoms. The molecule has 1 saturated heterocycles. The molecule has 7 heteroatoms. The summed E-state index contributed by atoms with van der Waals surface area (Å²) in [6, 6.07) is 14.2. The van der Waals surface area contributed by atoms with Crippen molar-refractivity contribution in [1.82, 2.24) is 5.32 Å². The fraction of sp³-hybridized carbons (Fsp3) is 0.118. The van der Waals surface area contributed by atoms with Gasteiger partial charge in [-0.15, -0.1) is 5.10 Å². The number of halogens is 1. The Bertz CT molecular complexity index is 806. The summed E-state index contributed by atoms with van der Waals surface area (Å²) in [7, 11) is 0. The lowest BCUT2D eigenvalue weighted by Crippen LogP contribution is -2.25. The minimum absolute atomic E-state index is 0.0912. The molecular formula is C17H14ClN3O2S. The molecule has 1 aliphatic rings. The molecule has 122 valence electrons. The summed E-state index contributed by atoms with van der Waals surface area (Å²) in [4.78, 5) is 12.0. The van der Waals surface area contributed by atoms with E-state index < -0.39 is 0 Å². The Morgan fingerprint density at radius 2 is 1.96 bits per heavy atom. The van der Waals surface area contributed by atoms with E-state index in [1.54, 1.807) is 36.4 Å². The largest absolute Gasteiger partial charge is 0.507 e. The van der Waals surface area contributed by atoms with E-state index in [1.165, 1.54) is 18.0 Å². The number of nitrogens with one attached hydrogen (secondary N) is 1. The number of hydrogen-bond donors (Lipinski definition) is 2. The number of para-hydroxylation sites is 1. The number of rotatable bonds is 4. The molecule has 0 aliphatic carbocycles. The van der Waals surface area contributed by atoms with Gasteiger partial charge in [-0.05, 0) is 36.2 Å². The van der Waals surface area contributed by atoms with Crippen LogP contribution in [-0.2, 0) is 11.2 Å². The van der Waals surface area contributed by atoms with Gasteiger partial charge in [0.1, 0.15) is 5.75 Å². The molecule has 1 aliphatic heterocycles. The molecule has 1 unspecified atom stereocenters. The first-order chi connectivity index (χ1) is 11.6. The number of amidine groups is 1. The van der Waals surface area contributed by atoms with Crippen LogP contribution in [0.5, 0.6) is 5.75 Å². The van der Waals surface area contributed by atoms with Gasteiger partial charge in [0.2, 0.25) is 5.91 Å². The molecule has 0 radical (unpaired) electrons. The zero-order chi connectivity index (χ0) is 16.9. The van der Waals surface area contributed by atoms with Gasteiger partial charge < -0.3 is 10.4 Å². The molecular weight excluding hydrogens is 346 g/mol. The number of hydrogen-bond acceptors (Lipinski definition) is 5. The topological polar surface area (TPSA) is 74.0 Å². The first-order valence-corrected chi connectivity index (χ1v) is 8.48. The number of carbonyl (C=O) groups excluding carboxylic acids is 1. The van der Waals surface area contributed by atoms with Crippen molar-refractivity contribution in [2.24, 2.45) is 10.2 Å². The van der Waals surface area contributed by atoms with Crippen LogP contribution in [0.4, 0.5) is 0 Å². The molecule has 5 nitrogen and oxygen atoms in total. The zero-order valence-electron chi connectivity index (χ0n) is 12.5. The average Bonchev–Trinajstić information content (AvgIpc) is 2.91. The van der Waals surface area contributed by atoms with E-state index in [0.717, 1.165) is 5.56 Å². The maximum atomic E-state index is 12.0. The highest BCUT2D eigenvalue weighted by Crippen LogP contribution is 2.24. The third-order valence-electron chi connectivity index (χ3n) is 3.39. The van der Waals surface area contributed by atoms with E-state index in [1.807, 2.05) is 12.1 Å². The lowest BCUT2D eigenvalue weighted by Gasteiger charge is -2.05.